The van der Waals surface area contributed by atoms with Crippen molar-refractivity contribution in [3.63, 3.8) is 0 Å². The van der Waals surface area contributed by atoms with Gasteiger partial charge in [-0.1, -0.05) is 41.1 Å². The minimum atomic E-state index is -0.167. The topological polar surface area (TPSA) is 13.1 Å². The molecule has 0 fully saturated rings. The second-order valence-electron chi connectivity index (χ2n) is 3.92. The smallest absolute Gasteiger partial charge is 0.126 e. The largest absolute Gasteiger partial charge is 0.465 e. The maximum atomic E-state index is 13.5. The molecule has 1 nitrogen and oxygen atoms in total. The Morgan fingerprint density at radius 1 is 1.24 bits per heavy atom. The van der Waals surface area contributed by atoms with Crippen LogP contribution in [-0.2, 0) is 12.8 Å². The van der Waals surface area contributed by atoms with Gasteiger partial charge in [0.1, 0.15) is 17.3 Å². The number of halogens is 2. The zero-order chi connectivity index (χ0) is 12.3. The van der Waals surface area contributed by atoms with Crippen LogP contribution in [0, 0.1) is 5.82 Å². The van der Waals surface area contributed by atoms with Gasteiger partial charge in [0, 0.05) is 6.42 Å². The monoisotopic (exact) mass is 296 g/mol. The standard InChI is InChI=1S/C14H14BrFO/c1-2-11-7-8-14(17-11)12(15)9-10-5-3-4-6-13(10)16/h3-8,12H,2,9H2,1H3. The summed E-state index contributed by atoms with van der Waals surface area (Å²) < 4.78 is 19.1. The lowest BCUT2D eigenvalue weighted by Crippen LogP contribution is -1.96. The molecule has 1 aromatic carbocycles. The van der Waals surface area contributed by atoms with Crippen LogP contribution in [0.5, 0.6) is 0 Å². The Labute approximate surface area is 109 Å². The van der Waals surface area contributed by atoms with Crippen molar-refractivity contribution in [3.05, 3.63) is 59.3 Å². The summed E-state index contributed by atoms with van der Waals surface area (Å²) in [5, 5.41) is 0. The van der Waals surface area contributed by atoms with E-state index in [1.54, 1.807) is 12.1 Å². The van der Waals surface area contributed by atoms with E-state index in [1.165, 1.54) is 6.07 Å². The van der Waals surface area contributed by atoms with Crippen LogP contribution in [-0.4, -0.2) is 0 Å². The fourth-order valence-corrected chi connectivity index (χ4v) is 2.31. The number of alkyl halides is 1. The van der Waals surface area contributed by atoms with Crippen LogP contribution < -0.4 is 0 Å². The highest BCUT2D eigenvalue weighted by atomic mass is 79.9. The van der Waals surface area contributed by atoms with Crippen molar-refractivity contribution in [2.45, 2.75) is 24.6 Å². The molecule has 90 valence electrons. The molecule has 17 heavy (non-hydrogen) atoms. The predicted octanol–water partition coefficient (Wildman–Crippen LogP) is 4.66. The molecule has 0 aliphatic rings. The second kappa shape index (κ2) is 5.50. The van der Waals surface area contributed by atoms with Gasteiger partial charge in [0.15, 0.2) is 0 Å². The first-order chi connectivity index (χ1) is 8.20. The Morgan fingerprint density at radius 2 is 2.00 bits per heavy atom. The second-order valence-corrected chi connectivity index (χ2v) is 5.03. The SMILES string of the molecule is CCc1ccc(C(Br)Cc2ccccc2F)o1. The molecule has 0 radical (unpaired) electrons. The highest BCUT2D eigenvalue weighted by molar-refractivity contribution is 9.09. The third-order valence-corrected chi connectivity index (χ3v) is 3.47. The van der Waals surface area contributed by atoms with Gasteiger partial charge in [0.05, 0.1) is 4.83 Å². The van der Waals surface area contributed by atoms with Crippen LogP contribution in [0.4, 0.5) is 4.39 Å². The van der Waals surface area contributed by atoms with Crippen molar-refractivity contribution in [2.75, 3.05) is 0 Å². The molecule has 1 atom stereocenters. The lowest BCUT2D eigenvalue weighted by Gasteiger charge is -2.07. The number of furan rings is 1. The van der Waals surface area contributed by atoms with E-state index in [9.17, 15) is 4.39 Å². The zero-order valence-electron chi connectivity index (χ0n) is 9.62. The molecule has 0 saturated heterocycles. The van der Waals surface area contributed by atoms with Crippen LogP contribution in [0.1, 0.15) is 28.8 Å². The quantitative estimate of drug-likeness (QED) is 0.748. The van der Waals surface area contributed by atoms with E-state index in [4.69, 9.17) is 4.42 Å². The molecule has 0 saturated carbocycles. The number of benzene rings is 1. The van der Waals surface area contributed by atoms with Crippen LogP contribution >= 0.6 is 15.9 Å². The van der Waals surface area contributed by atoms with E-state index in [-0.39, 0.29) is 10.6 Å². The molecule has 0 N–H and O–H groups in total. The van der Waals surface area contributed by atoms with Crippen molar-refractivity contribution in [2.24, 2.45) is 0 Å². The first kappa shape index (κ1) is 12.4. The molecule has 2 rings (SSSR count). The van der Waals surface area contributed by atoms with Crippen molar-refractivity contribution in [3.8, 4) is 0 Å². The summed E-state index contributed by atoms with van der Waals surface area (Å²) in [6.07, 6.45) is 1.46. The first-order valence-electron chi connectivity index (χ1n) is 5.66. The summed E-state index contributed by atoms with van der Waals surface area (Å²) in [5.74, 6) is 1.64. The summed E-state index contributed by atoms with van der Waals surface area (Å²) in [7, 11) is 0. The van der Waals surface area contributed by atoms with E-state index in [0.29, 0.717) is 12.0 Å². The van der Waals surface area contributed by atoms with Gasteiger partial charge in [-0.05, 0) is 30.2 Å². The van der Waals surface area contributed by atoms with Crippen LogP contribution in [0.25, 0.3) is 0 Å². The number of rotatable bonds is 4. The molecular weight excluding hydrogens is 283 g/mol. The molecule has 0 aliphatic carbocycles. The van der Waals surface area contributed by atoms with Crippen molar-refractivity contribution >= 4 is 15.9 Å². The summed E-state index contributed by atoms with van der Waals surface area (Å²) >= 11 is 3.54. The minimum Gasteiger partial charge on any atom is -0.465 e. The minimum absolute atomic E-state index is 0.0136. The molecule has 0 aliphatic heterocycles. The lowest BCUT2D eigenvalue weighted by atomic mass is 10.1. The lowest BCUT2D eigenvalue weighted by molar-refractivity contribution is 0.466. The fourth-order valence-electron chi connectivity index (χ4n) is 1.71. The van der Waals surface area contributed by atoms with Crippen LogP contribution in [0.3, 0.4) is 0 Å². The van der Waals surface area contributed by atoms with E-state index < -0.39 is 0 Å². The number of aryl methyl sites for hydroxylation is 1. The molecule has 0 spiro atoms. The average molecular weight is 297 g/mol. The van der Waals surface area contributed by atoms with Crippen molar-refractivity contribution in [1.29, 1.82) is 0 Å². The summed E-state index contributed by atoms with van der Waals surface area (Å²) in [6.45, 7) is 2.04. The van der Waals surface area contributed by atoms with E-state index >= 15 is 0 Å². The van der Waals surface area contributed by atoms with E-state index in [2.05, 4.69) is 15.9 Å². The first-order valence-corrected chi connectivity index (χ1v) is 6.58. The van der Waals surface area contributed by atoms with Gasteiger partial charge in [-0.25, -0.2) is 4.39 Å². The summed E-state index contributed by atoms with van der Waals surface area (Å²) in [4.78, 5) is 0.0136. The summed E-state index contributed by atoms with van der Waals surface area (Å²) in [6, 6.07) is 10.7. The number of hydrogen-bond acceptors (Lipinski definition) is 1. The Kier molecular flexibility index (Phi) is 4.00. The molecule has 1 unspecified atom stereocenters. The molecule has 0 amide bonds. The van der Waals surface area contributed by atoms with Gasteiger partial charge in [0.2, 0.25) is 0 Å². The molecule has 1 aromatic heterocycles. The molecule has 3 heteroatoms. The van der Waals surface area contributed by atoms with Crippen LogP contribution in [0.15, 0.2) is 40.8 Å². The average Bonchev–Trinajstić information content (AvgIpc) is 2.81. The van der Waals surface area contributed by atoms with Gasteiger partial charge < -0.3 is 4.42 Å². The van der Waals surface area contributed by atoms with Crippen LogP contribution in [0.2, 0.25) is 0 Å². The maximum absolute atomic E-state index is 13.5. The Bertz CT molecular complexity index is 492. The fraction of sp³-hybridized carbons (Fsp3) is 0.286. The molecule has 0 bridgehead atoms. The predicted molar refractivity (Wildman–Crippen MR) is 69.9 cm³/mol. The third kappa shape index (κ3) is 2.97. The van der Waals surface area contributed by atoms with E-state index in [0.717, 1.165) is 17.9 Å². The van der Waals surface area contributed by atoms with Crippen molar-refractivity contribution < 1.29 is 8.81 Å². The Balaban J connectivity index is 2.11. The van der Waals surface area contributed by atoms with E-state index in [1.807, 2.05) is 25.1 Å². The Hall–Kier alpha value is -1.09. The third-order valence-electron chi connectivity index (χ3n) is 2.70. The van der Waals surface area contributed by atoms with Gasteiger partial charge in [0.25, 0.3) is 0 Å². The zero-order valence-corrected chi connectivity index (χ0v) is 11.2. The molecule has 2 aromatic rings. The van der Waals surface area contributed by atoms with Gasteiger partial charge in [-0.3, -0.25) is 0 Å². The Morgan fingerprint density at radius 3 is 2.65 bits per heavy atom. The number of hydrogen-bond donors (Lipinski definition) is 0. The normalized spacial score (nSPS) is 12.6. The maximum Gasteiger partial charge on any atom is 0.126 e. The van der Waals surface area contributed by atoms with Crippen molar-refractivity contribution in [1.82, 2.24) is 0 Å². The highest BCUT2D eigenvalue weighted by Crippen LogP contribution is 2.29. The van der Waals surface area contributed by atoms with Gasteiger partial charge in [-0.2, -0.15) is 0 Å². The highest BCUT2D eigenvalue weighted by Gasteiger charge is 2.14. The molecular formula is C14H14BrFO. The molecule has 1 heterocycles. The van der Waals surface area contributed by atoms with Gasteiger partial charge in [-0.15, -0.1) is 0 Å². The summed E-state index contributed by atoms with van der Waals surface area (Å²) in [5.41, 5.74) is 0.698. The van der Waals surface area contributed by atoms with Gasteiger partial charge >= 0.3 is 0 Å².